The summed E-state index contributed by atoms with van der Waals surface area (Å²) in [6, 6.07) is 7.27. The molecule has 0 heterocycles. The molecule has 0 fully saturated rings. The Kier molecular flexibility index (Phi) is 5.20. The minimum absolute atomic E-state index is 0.473. The third kappa shape index (κ3) is 3.57. The van der Waals surface area contributed by atoms with Gasteiger partial charge in [0.1, 0.15) is 0 Å². The molecule has 2 atom stereocenters. The van der Waals surface area contributed by atoms with E-state index in [1.54, 1.807) is 0 Å². The summed E-state index contributed by atoms with van der Waals surface area (Å²) in [5, 5.41) is 3.64. The summed E-state index contributed by atoms with van der Waals surface area (Å²) in [6.07, 6.45) is 0. The van der Waals surface area contributed by atoms with Gasteiger partial charge in [-0.15, -0.1) is 0 Å². The van der Waals surface area contributed by atoms with Gasteiger partial charge < -0.3 is 5.32 Å². The van der Waals surface area contributed by atoms with Crippen LogP contribution in [0.25, 0.3) is 0 Å². The maximum atomic E-state index is 3.64. The van der Waals surface area contributed by atoms with Crippen LogP contribution in [0.15, 0.2) is 18.2 Å². The number of benzene rings is 1. The Hall–Kier alpha value is -0.820. The molecule has 0 aromatic heterocycles. The van der Waals surface area contributed by atoms with Gasteiger partial charge >= 0.3 is 0 Å². The first-order chi connectivity index (χ1) is 7.97. The van der Waals surface area contributed by atoms with E-state index in [4.69, 9.17) is 0 Å². The highest BCUT2D eigenvalue weighted by molar-refractivity contribution is 5.33. The molecule has 0 bridgehead atoms. The van der Waals surface area contributed by atoms with Crippen molar-refractivity contribution in [2.24, 2.45) is 11.8 Å². The molecule has 0 aliphatic heterocycles. The lowest BCUT2D eigenvalue weighted by Crippen LogP contribution is -2.30. The zero-order valence-electron chi connectivity index (χ0n) is 12.2. The molecule has 0 aliphatic rings. The summed E-state index contributed by atoms with van der Waals surface area (Å²) in [7, 11) is 0. The number of aryl methyl sites for hydroxylation is 2. The Morgan fingerprint density at radius 1 is 1.12 bits per heavy atom. The molecule has 17 heavy (non-hydrogen) atoms. The standard InChI is InChI=1S/C16H27N/c1-7-17-16(14(6)11(2)3)15-9-8-12(4)10-13(15)5/h8-11,14,16-17H,7H2,1-6H3. The summed E-state index contributed by atoms with van der Waals surface area (Å²) < 4.78 is 0. The molecule has 0 aliphatic carbocycles. The van der Waals surface area contributed by atoms with E-state index in [9.17, 15) is 0 Å². The molecule has 2 unspecified atom stereocenters. The van der Waals surface area contributed by atoms with Crippen LogP contribution in [-0.2, 0) is 0 Å². The van der Waals surface area contributed by atoms with Crippen molar-refractivity contribution < 1.29 is 0 Å². The Morgan fingerprint density at radius 2 is 1.76 bits per heavy atom. The number of hydrogen-bond donors (Lipinski definition) is 1. The summed E-state index contributed by atoms with van der Waals surface area (Å²) in [4.78, 5) is 0. The van der Waals surface area contributed by atoms with E-state index in [0.29, 0.717) is 17.9 Å². The highest BCUT2D eigenvalue weighted by Crippen LogP contribution is 2.30. The molecule has 0 saturated carbocycles. The highest BCUT2D eigenvalue weighted by Gasteiger charge is 2.22. The summed E-state index contributed by atoms with van der Waals surface area (Å²) in [6.45, 7) is 14.5. The highest BCUT2D eigenvalue weighted by atomic mass is 14.9. The lowest BCUT2D eigenvalue weighted by atomic mass is 9.84. The predicted octanol–water partition coefficient (Wildman–Crippen LogP) is 4.25. The van der Waals surface area contributed by atoms with Crippen molar-refractivity contribution in [1.29, 1.82) is 0 Å². The molecule has 1 N–H and O–H groups in total. The molecule has 0 radical (unpaired) electrons. The van der Waals surface area contributed by atoms with Gasteiger partial charge in [-0.2, -0.15) is 0 Å². The van der Waals surface area contributed by atoms with Crippen molar-refractivity contribution in [3.8, 4) is 0 Å². The topological polar surface area (TPSA) is 12.0 Å². The molecule has 1 heteroatoms. The molecule has 96 valence electrons. The quantitative estimate of drug-likeness (QED) is 0.802. The Labute approximate surface area is 107 Å². The van der Waals surface area contributed by atoms with E-state index < -0.39 is 0 Å². The summed E-state index contributed by atoms with van der Waals surface area (Å²) >= 11 is 0. The molecule has 1 rings (SSSR count). The van der Waals surface area contributed by atoms with Gasteiger partial charge in [0.15, 0.2) is 0 Å². The molecule has 0 spiro atoms. The number of nitrogens with one attached hydrogen (secondary N) is 1. The van der Waals surface area contributed by atoms with Crippen molar-refractivity contribution >= 4 is 0 Å². The van der Waals surface area contributed by atoms with Gasteiger partial charge in [0.25, 0.3) is 0 Å². The van der Waals surface area contributed by atoms with Gasteiger partial charge in [0, 0.05) is 6.04 Å². The Bertz CT molecular complexity index is 355. The van der Waals surface area contributed by atoms with Crippen molar-refractivity contribution in [2.75, 3.05) is 6.54 Å². The number of hydrogen-bond acceptors (Lipinski definition) is 1. The zero-order chi connectivity index (χ0) is 13.0. The first-order valence-corrected chi connectivity index (χ1v) is 6.77. The van der Waals surface area contributed by atoms with Gasteiger partial charge in [-0.05, 0) is 43.4 Å². The summed E-state index contributed by atoms with van der Waals surface area (Å²) in [5.41, 5.74) is 4.21. The third-order valence-corrected chi connectivity index (χ3v) is 3.76. The molecule has 1 nitrogen and oxygen atoms in total. The predicted molar refractivity (Wildman–Crippen MR) is 76.3 cm³/mol. The molecule has 1 aromatic rings. The van der Waals surface area contributed by atoms with E-state index in [2.05, 4.69) is 65.1 Å². The second-order valence-electron chi connectivity index (χ2n) is 5.50. The van der Waals surface area contributed by atoms with Gasteiger partial charge in [0.05, 0.1) is 0 Å². The lowest BCUT2D eigenvalue weighted by Gasteiger charge is -2.29. The molecule has 0 saturated heterocycles. The van der Waals surface area contributed by atoms with Crippen LogP contribution in [0.4, 0.5) is 0 Å². The smallest absolute Gasteiger partial charge is 0.0350 e. The van der Waals surface area contributed by atoms with Crippen molar-refractivity contribution in [3.05, 3.63) is 34.9 Å². The summed E-state index contributed by atoms with van der Waals surface area (Å²) in [5.74, 6) is 1.34. The van der Waals surface area contributed by atoms with Gasteiger partial charge in [-0.3, -0.25) is 0 Å². The van der Waals surface area contributed by atoms with Gasteiger partial charge in [0.2, 0.25) is 0 Å². The first kappa shape index (κ1) is 14.2. The van der Waals surface area contributed by atoms with Crippen LogP contribution in [0.1, 0.15) is 50.4 Å². The average Bonchev–Trinajstić information content (AvgIpc) is 2.26. The largest absolute Gasteiger partial charge is 0.310 e. The second kappa shape index (κ2) is 6.20. The minimum atomic E-state index is 0.473. The molecule has 0 amide bonds. The third-order valence-electron chi connectivity index (χ3n) is 3.76. The van der Waals surface area contributed by atoms with Crippen molar-refractivity contribution in [2.45, 2.75) is 47.6 Å². The van der Waals surface area contributed by atoms with E-state index >= 15 is 0 Å². The van der Waals surface area contributed by atoms with E-state index in [1.807, 2.05) is 0 Å². The molecular weight excluding hydrogens is 206 g/mol. The fraction of sp³-hybridized carbons (Fsp3) is 0.625. The van der Waals surface area contributed by atoms with Crippen molar-refractivity contribution in [3.63, 3.8) is 0 Å². The van der Waals surface area contributed by atoms with Crippen LogP contribution < -0.4 is 5.32 Å². The van der Waals surface area contributed by atoms with E-state index in [-0.39, 0.29) is 0 Å². The van der Waals surface area contributed by atoms with Crippen LogP contribution in [0, 0.1) is 25.7 Å². The van der Waals surface area contributed by atoms with E-state index in [1.165, 1.54) is 16.7 Å². The van der Waals surface area contributed by atoms with E-state index in [0.717, 1.165) is 6.54 Å². The SMILES string of the molecule is CCNC(c1ccc(C)cc1C)C(C)C(C)C. The maximum Gasteiger partial charge on any atom is 0.0350 e. The van der Waals surface area contributed by atoms with Gasteiger partial charge in [-0.1, -0.05) is 51.5 Å². The maximum absolute atomic E-state index is 3.64. The van der Waals surface area contributed by atoms with Crippen LogP contribution in [0.3, 0.4) is 0 Å². The van der Waals surface area contributed by atoms with Crippen LogP contribution in [0.5, 0.6) is 0 Å². The Morgan fingerprint density at radius 3 is 2.24 bits per heavy atom. The first-order valence-electron chi connectivity index (χ1n) is 6.77. The van der Waals surface area contributed by atoms with Crippen LogP contribution >= 0.6 is 0 Å². The monoisotopic (exact) mass is 233 g/mol. The second-order valence-corrected chi connectivity index (χ2v) is 5.50. The Balaban J connectivity index is 3.04. The molecular formula is C16H27N. The van der Waals surface area contributed by atoms with Crippen LogP contribution in [0.2, 0.25) is 0 Å². The normalized spacial score (nSPS) is 15.0. The molecule has 1 aromatic carbocycles. The van der Waals surface area contributed by atoms with Gasteiger partial charge in [-0.25, -0.2) is 0 Å². The lowest BCUT2D eigenvalue weighted by molar-refractivity contribution is 0.306. The number of rotatable bonds is 5. The fourth-order valence-electron chi connectivity index (χ4n) is 2.36. The fourth-order valence-corrected chi connectivity index (χ4v) is 2.36. The van der Waals surface area contributed by atoms with Crippen LogP contribution in [-0.4, -0.2) is 6.54 Å². The minimum Gasteiger partial charge on any atom is -0.310 e. The zero-order valence-corrected chi connectivity index (χ0v) is 12.2. The average molecular weight is 233 g/mol. The van der Waals surface area contributed by atoms with Crippen molar-refractivity contribution in [1.82, 2.24) is 5.32 Å².